The lowest BCUT2D eigenvalue weighted by Gasteiger charge is -2.21. The molecule has 0 fully saturated rings. The average Bonchev–Trinajstić information content (AvgIpc) is 3.20. The van der Waals surface area contributed by atoms with Gasteiger partial charge in [0.25, 0.3) is 0 Å². The van der Waals surface area contributed by atoms with Crippen LogP contribution in [0.15, 0.2) is 66.7 Å². The number of carbonyl (C=O) groups excluding carboxylic acids is 9. The van der Waals surface area contributed by atoms with Crippen molar-refractivity contribution in [2.45, 2.75) is 131 Å². The van der Waals surface area contributed by atoms with Crippen LogP contribution in [0, 0.1) is 0 Å². The maximum atomic E-state index is 13.5. The van der Waals surface area contributed by atoms with Crippen LogP contribution in [0.2, 0.25) is 0 Å². The van der Waals surface area contributed by atoms with Gasteiger partial charge in [-0.3, -0.25) is 19.2 Å². The van der Waals surface area contributed by atoms with Crippen molar-refractivity contribution in [2.24, 2.45) is 0 Å². The summed E-state index contributed by atoms with van der Waals surface area (Å²) in [5.41, 5.74) is -3.00. The molecule has 0 aromatic heterocycles. The van der Waals surface area contributed by atoms with Crippen LogP contribution in [-0.4, -0.2) is 95.1 Å². The molecular formula is C49H63N5O14. The normalized spacial score (nSPS) is 12.0. The molecule has 3 rings (SSSR count). The second-order valence-electron chi connectivity index (χ2n) is 19.5. The molecule has 0 aliphatic carbocycles. The zero-order valence-electron chi connectivity index (χ0n) is 40.7. The summed E-state index contributed by atoms with van der Waals surface area (Å²) >= 11 is 0. The van der Waals surface area contributed by atoms with Gasteiger partial charge in [-0.1, -0.05) is 30.3 Å². The molecule has 0 spiro atoms. The van der Waals surface area contributed by atoms with Gasteiger partial charge in [-0.2, -0.15) is 0 Å². The third-order valence-electron chi connectivity index (χ3n) is 8.32. The van der Waals surface area contributed by atoms with E-state index >= 15 is 0 Å². The van der Waals surface area contributed by atoms with Crippen LogP contribution in [0.5, 0.6) is 0 Å². The number of amides is 5. The molecule has 0 aliphatic heterocycles. The lowest BCUT2D eigenvalue weighted by atomic mass is 10.1. The fourth-order valence-corrected chi connectivity index (χ4v) is 5.64. The molecule has 19 nitrogen and oxygen atoms in total. The van der Waals surface area contributed by atoms with Crippen molar-refractivity contribution in [1.82, 2.24) is 16.0 Å². The fourth-order valence-electron chi connectivity index (χ4n) is 5.64. The van der Waals surface area contributed by atoms with Crippen LogP contribution >= 0.6 is 0 Å². The summed E-state index contributed by atoms with van der Waals surface area (Å²) < 4.78 is 27.1. The molecule has 3 aromatic carbocycles. The highest BCUT2D eigenvalue weighted by Gasteiger charge is 2.27. The predicted molar refractivity (Wildman–Crippen MR) is 250 cm³/mol. The number of anilines is 2. The van der Waals surface area contributed by atoms with Crippen molar-refractivity contribution in [3.63, 3.8) is 0 Å². The molecule has 0 bridgehead atoms. The number of esters is 4. The Morgan fingerprint density at radius 3 is 1.22 bits per heavy atom. The largest absolute Gasteiger partial charge is 0.456 e. The summed E-state index contributed by atoms with van der Waals surface area (Å²) in [7, 11) is 0. The van der Waals surface area contributed by atoms with E-state index in [2.05, 4.69) is 26.6 Å². The summed E-state index contributed by atoms with van der Waals surface area (Å²) in [5, 5.41) is 12.3. The number of benzene rings is 3. The first-order chi connectivity index (χ1) is 31.3. The van der Waals surface area contributed by atoms with E-state index in [1.165, 1.54) is 36.4 Å². The molecule has 0 heterocycles. The quantitative estimate of drug-likeness (QED) is 0.0726. The van der Waals surface area contributed by atoms with E-state index in [0.717, 1.165) is 0 Å². The first kappa shape index (κ1) is 55.0. The monoisotopic (exact) mass is 945 g/mol. The molecule has 0 aliphatic rings. The topological polar surface area (TPSA) is 260 Å². The van der Waals surface area contributed by atoms with E-state index in [4.69, 9.17) is 23.7 Å². The molecule has 5 amide bonds. The summed E-state index contributed by atoms with van der Waals surface area (Å²) in [6, 6.07) is 15.0. The molecule has 68 heavy (non-hydrogen) atoms. The van der Waals surface area contributed by atoms with Crippen molar-refractivity contribution in [1.29, 1.82) is 0 Å². The summed E-state index contributed by atoms with van der Waals surface area (Å²) in [5.74, 6) is -6.20. The average molecular weight is 946 g/mol. The van der Waals surface area contributed by atoms with Crippen molar-refractivity contribution in [2.75, 3.05) is 23.7 Å². The third-order valence-corrected chi connectivity index (χ3v) is 8.32. The Morgan fingerprint density at radius 2 is 0.853 bits per heavy atom. The maximum absolute atomic E-state index is 13.5. The zero-order chi connectivity index (χ0) is 51.2. The minimum Gasteiger partial charge on any atom is -0.456 e. The number of hydrogen-bond donors (Lipinski definition) is 5. The van der Waals surface area contributed by atoms with Gasteiger partial charge in [-0.25, -0.2) is 24.0 Å². The first-order valence-corrected chi connectivity index (χ1v) is 21.7. The zero-order valence-corrected chi connectivity index (χ0v) is 40.7. The predicted octanol–water partition coefficient (Wildman–Crippen LogP) is 6.39. The van der Waals surface area contributed by atoms with Gasteiger partial charge in [0.15, 0.2) is 0 Å². The maximum Gasteiger partial charge on any atom is 0.408 e. The molecule has 5 N–H and O–H groups in total. The van der Waals surface area contributed by atoms with Crippen LogP contribution in [0.4, 0.5) is 16.2 Å². The summed E-state index contributed by atoms with van der Waals surface area (Å²) in [6.45, 7) is 18.6. The fraction of sp³-hybridized carbons (Fsp3) is 0.449. The van der Waals surface area contributed by atoms with E-state index in [0.29, 0.717) is 5.56 Å². The summed E-state index contributed by atoms with van der Waals surface area (Å²) in [4.78, 5) is 117. The van der Waals surface area contributed by atoms with E-state index in [9.17, 15) is 43.2 Å². The van der Waals surface area contributed by atoms with Gasteiger partial charge in [-0.15, -0.1) is 0 Å². The van der Waals surface area contributed by atoms with Gasteiger partial charge < -0.3 is 50.3 Å². The van der Waals surface area contributed by atoms with E-state index in [1.54, 1.807) is 113 Å². The van der Waals surface area contributed by atoms with Gasteiger partial charge in [0.05, 0.1) is 35.3 Å². The number of hydrogen-bond acceptors (Lipinski definition) is 14. The van der Waals surface area contributed by atoms with Crippen molar-refractivity contribution in [3.05, 3.63) is 94.5 Å². The van der Waals surface area contributed by atoms with Crippen LogP contribution in [0.3, 0.4) is 0 Å². The van der Waals surface area contributed by atoms with Crippen molar-refractivity contribution in [3.8, 4) is 0 Å². The Hall–Kier alpha value is -7.31. The molecule has 1 atom stereocenters. The molecule has 19 heteroatoms. The first-order valence-electron chi connectivity index (χ1n) is 21.7. The lowest BCUT2D eigenvalue weighted by molar-refractivity contribution is -0.127. The van der Waals surface area contributed by atoms with E-state index < -0.39 is 102 Å². The Bertz CT molecular complexity index is 2260. The second kappa shape index (κ2) is 23.4. The van der Waals surface area contributed by atoms with E-state index in [1.807, 2.05) is 0 Å². The molecule has 368 valence electrons. The standard InChI is InChI=1S/C49H63N5O14/c1-46(2,3)65-41(59)30-20-31(42(60)66-47(4,5)6)23-34(22-30)52-38(56)26-50-37(55)19-18-36(54-45(63)64-28-29-16-14-13-15-17-29)40(58)51-27-39(57)53-35-24-32(43(61)67-48(7,8)9)21-33(25-35)44(62)68-49(10,11)12/h13-17,20-25,36H,18-19,26-28H2,1-12H3,(H,50,55)(H,51,58)(H,52,56)(H,53,57)(H,54,63)/t36-/m0/s1. The van der Waals surface area contributed by atoms with Crippen LogP contribution < -0.4 is 26.6 Å². The lowest BCUT2D eigenvalue weighted by Crippen LogP contribution is -2.49. The number of carbonyl (C=O) groups is 9. The van der Waals surface area contributed by atoms with Crippen molar-refractivity contribution < 1.29 is 66.8 Å². The van der Waals surface area contributed by atoms with Crippen LogP contribution in [0.1, 0.15) is 143 Å². The number of alkyl carbamates (subject to hydrolysis) is 1. The van der Waals surface area contributed by atoms with Gasteiger partial charge in [0.1, 0.15) is 35.1 Å². The molecule has 0 radical (unpaired) electrons. The molecule has 0 unspecified atom stereocenters. The number of nitrogens with one attached hydrogen (secondary N) is 5. The molecule has 3 aromatic rings. The van der Waals surface area contributed by atoms with Gasteiger partial charge >= 0.3 is 30.0 Å². The van der Waals surface area contributed by atoms with Gasteiger partial charge in [0.2, 0.25) is 23.6 Å². The van der Waals surface area contributed by atoms with Crippen LogP contribution in [-0.2, 0) is 49.5 Å². The SMILES string of the molecule is CC(C)(C)OC(=O)c1cc(NC(=O)CNC(=O)CC[C@H](NC(=O)OCc2ccccc2)C(=O)NCC(=O)Nc2cc(C(=O)OC(C)(C)C)cc(C(=O)OC(C)(C)C)c2)cc(C(=O)OC(C)(C)C)c1. The van der Waals surface area contributed by atoms with Crippen LogP contribution in [0.25, 0.3) is 0 Å². The minimum atomic E-state index is -1.43. The summed E-state index contributed by atoms with van der Waals surface area (Å²) in [6.07, 6.45) is -1.74. The molecule has 0 saturated carbocycles. The van der Waals surface area contributed by atoms with Gasteiger partial charge in [-0.05, 0) is 131 Å². The Labute approximate surface area is 396 Å². The van der Waals surface area contributed by atoms with Gasteiger partial charge in [0, 0.05) is 17.8 Å². The second-order valence-corrected chi connectivity index (χ2v) is 19.5. The highest BCUT2D eigenvalue weighted by molar-refractivity contribution is 6.02. The van der Waals surface area contributed by atoms with Crippen molar-refractivity contribution >= 4 is 65.0 Å². The third kappa shape index (κ3) is 20.9. The van der Waals surface area contributed by atoms with E-state index in [-0.39, 0.29) is 46.7 Å². The Morgan fingerprint density at radius 1 is 0.485 bits per heavy atom. The molecular weight excluding hydrogens is 883 g/mol. The Kier molecular flexibility index (Phi) is 19.0. The smallest absolute Gasteiger partial charge is 0.408 e. The highest BCUT2D eigenvalue weighted by atomic mass is 16.6. The number of rotatable bonds is 17. The minimum absolute atomic E-state index is 0.00701. The number of ether oxygens (including phenoxy) is 5. The Balaban J connectivity index is 1.73. The molecule has 0 saturated heterocycles. The highest BCUT2D eigenvalue weighted by Crippen LogP contribution is 2.23.